The van der Waals surface area contributed by atoms with Crippen molar-refractivity contribution in [3.63, 3.8) is 0 Å². The Morgan fingerprint density at radius 2 is 0.859 bits per heavy atom. The summed E-state index contributed by atoms with van der Waals surface area (Å²) in [4.78, 5) is 39.8. The van der Waals surface area contributed by atoms with E-state index in [1.807, 2.05) is 33.3 Å². The summed E-state index contributed by atoms with van der Waals surface area (Å²) in [5, 5.41) is 3.01. The number of allylic oxidation sites excluding steroid dienone is 9. The molecule has 0 rings (SSSR count). The van der Waals surface area contributed by atoms with E-state index < -0.39 is 26.6 Å². The van der Waals surface area contributed by atoms with E-state index in [2.05, 4.69) is 74.7 Å². The van der Waals surface area contributed by atoms with Crippen LogP contribution in [0.4, 0.5) is 0 Å². The Hall–Kier alpha value is -2.29. The number of phosphoric acid groups is 1. The third kappa shape index (κ3) is 52.4. The highest BCUT2D eigenvalue weighted by molar-refractivity contribution is 7.45. The first kappa shape index (κ1) is 68.7. The number of phosphoric ester groups is 1. The molecule has 0 spiro atoms. The van der Waals surface area contributed by atoms with Crippen LogP contribution in [0.2, 0.25) is 0 Å². The fraction of sp³-hybridized carbons (Fsp3) is 0.803. The molecule has 1 amide bonds. The number of ether oxygens (including phenoxy) is 1. The predicted octanol–water partition coefficient (Wildman–Crippen LogP) is 17.3. The maximum absolute atomic E-state index is 13.5. The molecule has 0 aromatic carbocycles. The summed E-state index contributed by atoms with van der Waals surface area (Å²) in [6.45, 7) is 6.79. The van der Waals surface area contributed by atoms with Crippen LogP contribution >= 0.6 is 7.82 Å². The number of hydrogen-bond donors (Lipinski definition) is 1. The lowest BCUT2D eigenvalue weighted by Crippen LogP contribution is -2.47. The number of nitrogens with one attached hydrogen (secondary N) is 1. The molecule has 0 heterocycles. The van der Waals surface area contributed by atoms with Gasteiger partial charge >= 0.3 is 5.97 Å². The first-order valence-electron chi connectivity index (χ1n) is 29.6. The number of quaternary nitrogens is 1. The Bertz CT molecular complexity index is 1400. The molecule has 0 aliphatic carbocycles. The number of hydrogen-bond acceptors (Lipinski definition) is 7. The van der Waals surface area contributed by atoms with E-state index >= 15 is 0 Å². The average Bonchev–Trinajstić information content (AvgIpc) is 3.33. The second-order valence-corrected chi connectivity index (χ2v) is 22.6. The van der Waals surface area contributed by atoms with Gasteiger partial charge in [-0.25, -0.2) is 0 Å². The van der Waals surface area contributed by atoms with Gasteiger partial charge < -0.3 is 28.5 Å². The van der Waals surface area contributed by atoms with E-state index in [0.717, 1.165) is 96.3 Å². The first-order chi connectivity index (χ1) is 34.4. The van der Waals surface area contributed by atoms with E-state index in [1.165, 1.54) is 135 Å². The summed E-state index contributed by atoms with van der Waals surface area (Å²) in [5.41, 5.74) is 0. The Kier molecular flexibility index (Phi) is 49.6. The van der Waals surface area contributed by atoms with Crippen molar-refractivity contribution in [2.45, 2.75) is 277 Å². The highest BCUT2D eigenvalue weighted by Gasteiger charge is 2.27. The number of amides is 1. The lowest BCUT2D eigenvalue weighted by Gasteiger charge is -2.30. The quantitative estimate of drug-likeness (QED) is 0.0212. The van der Waals surface area contributed by atoms with Gasteiger partial charge in [-0.1, -0.05) is 236 Å². The number of likely N-dealkylation sites (N-methyl/N-ethyl adjacent to an activating group) is 1. The minimum Gasteiger partial charge on any atom is -0.756 e. The van der Waals surface area contributed by atoms with Gasteiger partial charge in [0.2, 0.25) is 5.91 Å². The summed E-state index contributed by atoms with van der Waals surface area (Å²) in [7, 11) is 1.17. The van der Waals surface area contributed by atoms with Gasteiger partial charge in [-0.2, -0.15) is 0 Å². The van der Waals surface area contributed by atoms with Crippen LogP contribution in [0.3, 0.4) is 0 Å². The van der Waals surface area contributed by atoms with Gasteiger partial charge in [0.05, 0.1) is 33.8 Å². The van der Waals surface area contributed by atoms with Gasteiger partial charge in [-0.05, 0) is 76.7 Å². The van der Waals surface area contributed by atoms with Crippen molar-refractivity contribution in [2.24, 2.45) is 0 Å². The zero-order chi connectivity index (χ0) is 52.2. The van der Waals surface area contributed by atoms with Gasteiger partial charge in [0.25, 0.3) is 7.82 Å². The van der Waals surface area contributed by atoms with E-state index in [9.17, 15) is 19.0 Å². The molecule has 0 aliphatic rings. The van der Waals surface area contributed by atoms with Crippen molar-refractivity contribution < 1.29 is 37.3 Å². The fourth-order valence-electron chi connectivity index (χ4n) is 8.33. The van der Waals surface area contributed by atoms with Crippen LogP contribution in [0.25, 0.3) is 0 Å². The molecule has 3 unspecified atom stereocenters. The van der Waals surface area contributed by atoms with Gasteiger partial charge in [0.15, 0.2) is 0 Å². The molecule has 0 bridgehead atoms. The number of unbranched alkanes of at least 4 members (excludes halogenated alkanes) is 29. The molecule has 0 saturated heterocycles. The van der Waals surface area contributed by atoms with Crippen molar-refractivity contribution in [1.82, 2.24) is 5.32 Å². The molecule has 3 atom stereocenters. The molecule has 414 valence electrons. The molecule has 0 aliphatic heterocycles. The van der Waals surface area contributed by atoms with E-state index in [-0.39, 0.29) is 24.9 Å². The Balaban J connectivity index is 5.28. The van der Waals surface area contributed by atoms with Gasteiger partial charge in [-0.3, -0.25) is 14.2 Å². The zero-order valence-corrected chi connectivity index (χ0v) is 48.1. The van der Waals surface area contributed by atoms with Crippen LogP contribution in [0, 0.1) is 0 Å². The molecule has 71 heavy (non-hydrogen) atoms. The second-order valence-electron chi connectivity index (χ2n) is 21.2. The monoisotopic (exact) mass is 1020 g/mol. The van der Waals surface area contributed by atoms with Crippen LogP contribution in [0.1, 0.15) is 265 Å². The summed E-state index contributed by atoms with van der Waals surface area (Å²) >= 11 is 0. The van der Waals surface area contributed by atoms with Crippen LogP contribution in [-0.2, 0) is 27.9 Å². The number of carbonyl (C=O) groups excluding carboxylic acids is 2. The van der Waals surface area contributed by atoms with Crippen LogP contribution in [0.5, 0.6) is 0 Å². The predicted molar refractivity (Wildman–Crippen MR) is 302 cm³/mol. The molecular weight excluding hydrogens is 904 g/mol. The van der Waals surface area contributed by atoms with E-state index in [4.69, 9.17) is 13.8 Å². The standard InChI is InChI=1S/C61H113N2O7P/c1-7-10-13-16-19-22-25-27-28-29-30-31-32-33-34-36-38-41-44-47-50-53-60(64)62-58(57-69-71(66,67)68-56-55-63(4,5)6)59(52-49-46-43-40-37-24-21-18-15-12-9-3)70-61(65)54-51-48-45-42-39-35-26-23-20-17-14-11-8-2/h19,22,27-28,30-31,33-34,49,52,58-59H,7-18,20-21,23-26,29,32,35-48,50-51,53-57H2,1-6H3,(H-,62,64,66,67)/b22-19-,28-27-,31-30-,34-33-,52-49-. The third-order valence-electron chi connectivity index (χ3n) is 13.0. The topological polar surface area (TPSA) is 114 Å². The summed E-state index contributed by atoms with van der Waals surface area (Å²) in [6.07, 6.45) is 63.2. The number of nitrogens with zero attached hydrogens (tertiary/aromatic N) is 1. The van der Waals surface area contributed by atoms with Gasteiger partial charge in [-0.15, -0.1) is 0 Å². The summed E-state index contributed by atoms with van der Waals surface area (Å²) in [6, 6.07) is -0.896. The molecule has 10 heteroatoms. The van der Waals surface area contributed by atoms with E-state index in [1.54, 1.807) is 0 Å². The average molecular weight is 1020 g/mol. The molecule has 0 radical (unpaired) electrons. The lowest BCUT2D eigenvalue weighted by molar-refractivity contribution is -0.870. The molecular formula is C61H113N2O7P. The fourth-order valence-corrected chi connectivity index (χ4v) is 9.05. The smallest absolute Gasteiger partial charge is 0.306 e. The molecule has 9 nitrogen and oxygen atoms in total. The Labute approximate surface area is 439 Å². The Morgan fingerprint density at radius 1 is 0.493 bits per heavy atom. The number of esters is 1. The number of rotatable bonds is 53. The van der Waals surface area contributed by atoms with Crippen molar-refractivity contribution in [2.75, 3.05) is 40.9 Å². The van der Waals surface area contributed by atoms with Gasteiger partial charge in [0, 0.05) is 12.8 Å². The van der Waals surface area contributed by atoms with Crippen molar-refractivity contribution in [3.8, 4) is 0 Å². The van der Waals surface area contributed by atoms with Gasteiger partial charge in [0.1, 0.15) is 19.3 Å². The van der Waals surface area contributed by atoms with Crippen molar-refractivity contribution in [3.05, 3.63) is 60.8 Å². The molecule has 0 fully saturated rings. The van der Waals surface area contributed by atoms with Crippen molar-refractivity contribution in [1.29, 1.82) is 0 Å². The lowest BCUT2D eigenvalue weighted by atomic mass is 10.0. The molecule has 0 aromatic heterocycles. The zero-order valence-electron chi connectivity index (χ0n) is 47.2. The maximum atomic E-state index is 13.5. The molecule has 1 N–H and O–H groups in total. The summed E-state index contributed by atoms with van der Waals surface area (Å²) in [5.74, 6) is -0.558. The normalized spacial score (nSPS) is 14.2. The van der Waals surface area contributed by atoms with E-state index in [0.29, 0.717) is 17.4 Å². The first-order valence-corrected chi connectivity index (χ1v) is 31.1. The largest absolute Gasteiger partial charge is 0.756 e. The van der Waals surface area contributed by atoms with Crippen LogP contribution in [0.15, 0.2) is 60.8 Å². The van der Waals surface area contributed by atoms with Crippen molar-refractivity contribution >= 4 is 19.7 Å². The third-order valence-corrected chi connectivity index (χ3v) is 13.9. The number of carbonyl (C=O) groups is 2. The van der Waals surface area contributed by atoms with Crippen LogP contribution in [-0.4, -0.2) is 69.4 Å². The highest BCUT2D eigenvalue weighted by atomic mass is 31.2. The summed E-state index contributed by atoms with van der Waals surface area (Å²) < 4.78 is 30.2. The maximum Gasteiger partial charge on any atom is 0.306 e. The minimum absolute atomic E-state index is 0.0267. The highest BCUT2D eigenvalue weighted by Crippen LogP contribution is 2.38. The van der Waals surface area contributed by atoms with Crippen LogP contribution < -0.4 is 10.2 Å². The molecule has 0 saturated carbocycles. The molecule has 0 aromatic rings. The second kappa shape index (κ2) is 51.2. The minimum atomic E-state index is -4.70. The SMILES string of the molecule is CCCCC/C=C\C/C=C\C/C=C\C/C=C\CCCCCCCC(=O)NC(COP(=O)([O-])OCC[N+](C)(C)C)C(/C=C\CCCCCCCCCCC)OC(=O)CCCCCCCCCCCCCCC. The Morgan fingerprint density at radius 3 is 1.31 bits per heavy atom.